The van der Waals surface area contributed by atoms with Crippen LogP contribution >= 0.6 is 11.6 Å². The van der Waals surface area contributed by atoms with Crippen molar-refractivity contribution in [3.8, 4) is 0 Å². The fourth-order valence-corrected chi connectivity index (χ4v) is 3.22. The van der Waals surface area contributed by atoms with E-state index in [1.165, 1.54) is 5.56 Å². The van der Waals surface area contributed by atoms with Crippen molar-refractivity contribution >= 4 is 28.9 Å². The number of hydrogen-bond acceptors (Lipinski definition) is 2. The minimum absolute atomic E-state index is 0.143. The van der Waals surface area contributed by atoms with Crippen LogP contribution in [0, 0.1) is 0 Å². The highest BCUT2D eigenvalue weighted by molar-refractivity contribution is 6.30. The molecule has 0 radical (unpaired) electrons. The normalized spacial score (nSPS) is 17.2. The molecule has 0 saturated heterocycles. The first-order valence-corrected chi connectivity index (χ1v) is 7.89. The number of allylic oxidation sites excluding steroid dienone is 1. The summed E-state index contributed by atoms with van der Waals surface area (Å²) in [6, 6.07) is 15.3. The molecule has 1 N–H and O–H groups in total. The molecule has 23 heavy (non-hydrogen) atoms. The van der Waals surface area contributed by atoms with E-state index in [2.05, 4.69) is 36.2 Å². The van der Waals surface area contributed by atoms with Crippen LogP contribution in [-0.4, -0.2) is 13.0 Å². The van der Waals surface area contributed by atoms with Crippen molar-refractivity contribution in [2.45, 2.75) is 19.3 Å². The van der Waals surface area contributed by atoms with Gasteiger partial charge in [-0.25, -0.2) is 0 Å². The molecule has 0 aromatic heterocycles. The maximum atomic E-state index is 12.4. The molecule has 2 aromatic rings. The van der Waals surface area contributed by atoms with Crippen molar-refractivity contribution in [2.75, 3.05) is 17.3 Å². The second kappa shape index (κ2) is 5.74. The number of carbonyl (C=O) groups is 1. The Morgan fingerprint density at radius 3 is 2.43 bits per heavy atom. The lowest BCUT2D eigenvalue weighted by Crippen LogP contribution is -2.25. The molecule has 0 aliphatic carbocycles. The molecule has 1 aliphatic heterocycles. The van der Waals surface area contributed by atoms with Crippen molar-refractivity contribution in [3.63, 3.8) is 0 Å². The number of anilines is 2. The number of halogens is 1. The van der Waals surface area contributed by atoms with Gasteiger partial charge in [-0.15, -0.1) is 0 Å². The first kappa shape index (κ1) is 15.6. The molecule has 1 heterocycles. The zero-order valence-electron chi connectivity index (χ0n) is 13.4. The summed E-state index contributed by atoms with van der Waals surface area (Å²) in [5, 5.41) is 3.53. The minimum Gasteiger partial charge on any atom is -0.347 e. The van der Waals surface area contributed by atoms with E-state index in [1.54, 1.807) is 30.3 Å². The molecule has 2 aromatic carbocycles. The Bertz CT molecular complexity index is 778. The summed E-state index contributed by atoms with van der Waals surface area (Å²) in [5.41, 5.74) is 3.87. The average Bonchev–Trinajstić information content (AvgIpc) is 2.71. The number of nitrogens with one attached hydrogen (secondary N) is 1. The molecule has 0 unspecified atom stereocenters. The van der Waals surface area contributed by atoms with Gasteiger partial charge in [0.05, 0.1) is 0 Å². The predicted molar refractivity (Wildman–Crippen MR) is 96.0 cm³/mol. The maximum absolute atomic E-state index is 12.4. The Hall–Kier alpha value is -2.26. The molecule has 0 atom stereocenters. The third-order valence-corrected chi connectivity index (χ3v) is 4.57. The highest BCUT2D eigenvalue weighted by Gasteiger charge is 2.38. The van der Waals surface area contributed by atoms with Crippen LogP contribution in [0.5, 0.6) is 0 Å². The summed E-state index contributed by atoms with van der Waals surface area (Å²) < 4.78 is 0. The van der Waals surface area contributed by atoms with E-state index in [0.29, 0.717) is 5.02 Å². The summed E-state index contributed by atoms with van der Waals surface area (Å²) in [6.45, 7) is 4.27. The number of benzene rings is 2. The summed E-state index contributed by atoms with van der Waals surface area (Å²) >= 11 is 5.86. The Balaban J connectivity index is 1.88. The van der Waals surface area contributed by atoms with Gasteiger partial charge in [-0.1, -0.05) is 43.6 Å². The summed E-state index contributed by atoms with van der Waals surface area (Å²) in [4.78, 5) is 14.5. The Morgan fingerprint density at radius 1 is 1.13 bits per heavy atom. The van der Waals surface area contributed by atoms with Crippen molar-refractivity contribution < 1.29 is 4.79 Å². The average molecular weight is 327 g/mol. The van der Waals surface area contributed by atoms with Crippen LogP contribution < -0.4 is 10.2 Å². The summed E-state index contributed by atoms with van der Waals surface area (Å²) in [7, 11) is 2.00. The Kier molecular flexibility index (Phi) is 3.90. The third kappa shape index (κ3) is 2.84. The van der Waals surface area contributed by atoms with Crippen molar-refractivity contribution in [1.29, 1.82) is 0 Å². The number of fused-ring (bicyclic) bond motifs is 1. The molecule has 1 aliphatic rings. The van der Waals surface area contributed by atoms with E-state index in [9.17, 15) is 4.79 Å². The third-order valence-electron chi connectivity index (χ3n) is 4.32. The van der Waals surface area contributed by atoms with Crippen LogP contribution in [0.4, 0.5) is 11.4 Å². The van der Waals surface area contributed by atoms with Crippen LogP contribution in [0.3, 0.4) is 0 Å². The van der Waals surface area contributed by atoms with Gasteiger partial charge in [-0.05, 0) is 35.9 Å². The highest BCUT2D eigenvalue weighted by Crippen LogP contribution is 2.46. The molecular formula is C19H19ClN2O. The Morgan fingerprint density at radius 2 is 1.78 bits per heavy atom. The topological polar surface area (TPSA) is 32.3 Å². The number of amides is 1. The fraction of sp³-hybridized carbons (Fsp3) is 0.211. The Labute approximate surface area is 141 Å². The van der Waals surface area contributed by atoms with Gasteiger partial charge in [0.1, 0.15) is 0 Å². The molecular weight excluding hydrogens is 308 g/mol. The largest absolute Gasteiger partial charge is 0.347 e. The lowest BCUT2D eigenvalue weighted by atomic mass is 9.84. The standard InChI is InChI=1S/C19H19ClN2O/c1-19(2)15-6-4-5-7-16(15)22(3)17(19)12-18(23)21-14-10-8-13(20)9-11-14/h4-12H,1-3H3,(H,21,23). The van der Waals surface area contributed by atoms with E-state index in [1.807, 2.05) is 19.2 Å². The minimum atomic E-state index is -0.206. The van der Waals surface area contributed by atoms with Gasteiger partial charge in [0, 0.05) is 40.6 Å². The van der Waals surface area contributed by atoms with Crippen LogP contribution in [-0.2, 0) is 10.2 Å². The molecule has 4 heteroatoms. The van der Waals surface area contributed by atoms with Crippen molar-refractivity contribution in [1.82, 2.24) is 0 Å². The number of likely N-dealkylation sites (N-methyl/N-ethyl adjacent to an activating group) is 1. The number of hydrogen-bond donors (Lipinski definition) is 1. The van der Waals surface area contributed by atoms with Crippen LogP contribution in [0.25, 0.3) is 0 Å². The zero-order chi connectivity index (χ0) is 16.6. The van der Waals surface area contributed by atoms with Gasteiger partial charge in [-0.3, -0.25) is 4.79 Å². The quantitative estimate of drug-likeness (QED) is 0.819. The van der Waals surface area contributed by atoms with Crippen molar-refractivity contribution in [2.24, 2.45) is 0 Å². The molecule has 118 valence electrons. The predicted octanol–water partition coefficient (Wildman–Crippen LogP) is 4.59. The van der Waals surface area contributed by atoms with E-state index >= 15 is 0 Å². The first-order valence-electron chi connectivity index (χ1n) is 7.51. The molecule has 0 spiro atoms. The molecule has 3 rings (SSSR count). The lowest BCUT2D eigenvalue weighted by molar-refractivity contribution is -0.112. The maximum Gasteiger partial charge on any atom is 0.250 e. The van der Waals surface area contributed by atoms with Gasteiger partial charge in [0.2, 0.25) is 5.91 Å². The highest BCUT2D eigenvalue weighted by atomic mass is 35.5. The number of rotatable bonds is 2. The van der Waals surface area contributed by atoms with E-state index in [4.69, 9.17) is 11.6 Å². The smallest absolute Gasteiger partial charge is 0.250 e. The van der Waals surface area contributed by atoms with Crippen LogP contribution in [0.15, 0.2) is 60.3 Å². The van der Waals surface area contributed by atoms with Gasteiger partial charge < -0.3 is 10.2 Å². The van der Waals surface area contributed by atoms with Gasteiger partial charge in [-0.2, -0.15) is 0 Å². The molecule has 0 bridgehead atoms. The molecule has 1 amide bonds. The number of para-hydroxylation sites is 1. The second-order valence-electron chi connectivity index (χ2n) is 6.23. The summed E-state index contributed by atoms with van der Waals surface area (Å²) in [6.07, 6.45) is 1.68. The second-order valence-corrected chi connectivity index (χ2v) is 6.66. The zero-order valence-corrected chi connectivity index (χ0v) is 14.2. The van der Waals surface area contributed by atoms with Gasteiger partial charge in [0.25, 0.3) is 0 Å². The monoisotopic (exact) mass is 326 g/mol. The van der Waals surface area contributed by atoms with E-state index in [0.717, 1.165) is 17.1 Å². The van der Waals surface area contributed by atoms with Crippen molar-refractivity contribution in [3.05, 3.63) is 70.9 Å². The van der Waals surface area contributed by atoms with Gasteiger partial charge >= 0.3 is 0 Å². The molecule has 0 fully saturated rings. The van der Waals surface area contributed by atoms with Crippen LogP contribution in [0.2, 0.25) is 5.02 Å². The van der Waals surface area contributed by atoms with E-state index in [-0.39, 0.29) is 11.3 Å². The summed E-state index contributed by atoms with van der Waals surface area (Å²) in [5.74, 6) is -0.143. The number of nitrogens with zero attached hydrogens (tertiary/aromatic N) is 1. The molecule has 3 nitrogen and oxygen atoms in total. The molecule has 0 saturated carbocycles. The lowest BCUT2D eigenvalue weighted by Gasteiger charge is -2.24. The number of carbonyl (C=O) groups excluding carboxylic acids is 1. The SMILES string of the molecule is CN1C(=CC(=O)Nc2ccc(Cl)cc2)C(C)(C)c2ccccc21. The van der Waals surface area contributed by atoms with Crippen LogP contribution in [0.1, 0.15) is 19.4 Å². The fourth-order valence-electron chi connectivity index (χ4n) is 3.09. The van der Waals surface area contributed by atoms with E-state index < -0.39 is 0 Å². The van der Waals surface area contributed by atoms with Gasteiger partial charge in [0.15, 0.2) is 0 Å². The first-order chi connectivity index (χ1) is 10.9.